The van der Waals surface area contributed by atoms with Gasteiger partial charge in [0.2, 0.25) is 0 Å². The van der Waals surface area contributed by atoms with Crippen LogP contribution in [-0.4, -0.2) is 23.3 Å². The van der Waals surface area contributed by atoms with E-state index in [2.05, 4.69) is 12.2 Å². The van der Waals surface area contributed by atoms with Crippen LogP contribution >= 0.6 is 0 Å². The maximum atomic E-state index is 9.73. The summed E-state index contributed by atoms with van der Waals surface area (Å²) in [6.07, 6.45) is 2.21. The van der Waals surface area contributed by atoms with Crippen molar-refractivity contribution in [2.45, 2.75) is 45.3 Å². The van der Waals surface area contributed by atoms with Gasteiger partial charge in [0.1, 0.15) is 0 Å². The highest BCUT2D eigenvalue weighted by atomic mass is 16.3. The maximum Gasteiger partial charge on any atom is 0.0620 e. The molecule has 0 aliphatic carbocycles. The molecule has 1 aliphatic heterocycles. The third-order valence-electron chi connectivity index (χ3n) is 2.62. The van der Waals surface area contributed by atoms with Gasteiger partial charge < -0.3 is 10.4 Å². The lowest BCUT2D eigenvalue weighted by atomic mass is 9.81. The summed E-state index contributed by atoms with van der Waals surface area (Å²) in [5.41, 5.74) is -0.490. The average molecular weight is 157 g/mol. The third-order valence-corrected chi connectivity index (χ3v) is 2.62. The minimum Gasteiger partial charge on any atom is -0.390 e. The van der Waals surface area contributed by atoms with Crippen molar-refractivity contribution in [3.63, 3.8) is 0 Å². The van der Waals surface area contributed by atoms with Crippen LogP contribution in [0.5, 0.6) is 0 Å². The van der Waals surface area contributed by atoms with E-state index in [0.717, 1.165) is 19.4 Å². The van der Waals surface area contributed by atoms with Crippen LogP contribution in [0, 0.1) is 5.92 Å². The summed E-state index contributed by atoms with van der Waals surface area (Å²) in [4.78, 5) is 0. The Morgan fingerprint density at radius 3 is 2.45 bits per heavy atom. The molecule has 1 heterocycles. The minimum atomic E-state index is -0.490. The zero-order valence-electron chi connectivity index (χ0n) is 7.72. The summed E-state index contributed by atoms with van der Waals surface area (Å²) in [7, 11) is 0. The molecule has 0 radical (unpaired) electrons. The highest BCUT2D eigenvalue weighted by Crippen LogP contribution is 2.27. The van der Waals surface area contributed by atoms with Gasteiger partial charge in [-0.25, -0.2) is 0 Å². The standard InChI is InChI=1S/C9H19NO/c1-7-6-8(4-5-10-7)9(2,3)11/h7-8,10-11H,4-6H2,1-3H3/t7-,8?/m1/s1. The third kappa shape index (κ3) is 2.46. The molecule has 2 heteroatoms. The van der Waals surface area contributed by atoms with Crippen molar-refractivity contribution >= 4 is 0 Å². The van der Waals surface area contributed by atoms with Crippen LogP contribution in [0.25, 0.3) is 0 Å². The van der Waals surface area contributed by atoms with Gasteiger partial charge in [0.15, 0.2) is 0 Å². The quantitative estimate of drug-likeness (QED) is 0.598. The molecule has 0 amide bonds. The maximum absolute atomic E-state index is 9.73. The molecule has 0 bridgehead atoms. The fourth-order valence-electron chi connectivity index (χ4n) is 1.77. The largest absolute Gasteiger partial charge is 0.390 e. The molecule has 0 aromatic heterocycles. The molecule has 0 aromatic carbocycles. The second-order valence-electron chi connectivity index (χ2n) is 4.23. The molecule has 1 aliphatic rings. The summed E-state index contributed by atoms with van der Waals surface area (Å²) >= 11 is 0. The van der Waals surface area contributed by atoms with E-state index in [4.69, 9.17) is 0 Å². The van der Waals surface area contributed by atoms with E-state index in [-0.39, 0.29) is 0 Å². The number of hydrogen-bond acceptors (Lipinski definition) is 2. The molecule has 1 rings (SSSR count). The molecule has 2 nitrogen and oxygen atoms in total. The van der Waals surface area contributed by atoms with Crippen LogP contribution in [-0.2, 0) is 0 Å². The van der Waals surface area contributed by atoms with Crippen molar-refractivity contribution in [2.24, 2.45) is 5.92 Å². The summed E-state index contributed by atoms with van der Waals surface area (Å²) in [5, 5.41) is 13.1. The van der Waals surface area contributed by atoms with E-state index in [1.807, 2.05) is 13.8 Å². The van der Waals surface area contributed by atoms with E-state index in [0.29, 0.717) is 12.0 Å². The lowest BCUT2D eigenvalue weighted by molar-refractivity contribution is -0.00212. The molecule has 2 atom stereocenters. The van der Waals surface area contributed by atoms with Crippen LogP contribution in [0.3, 0.4) is 0 Å². The first kappa shape index (κ1) is 9.01. The molecule has 0 spiro atoms. The molecule has 11 heavy (non-hydrogen) atoms. The molecular formula is C9H19NO. The van der Waals surface area contributed by atoms with Gasteiger partial charge in [-0.05, 0) is 46.1 Å². The van der Waals surface area contributed by atoms with Crippen molar-refractivity contribution in [1.82, 2.24) is 5.32 Å². The number of aliphatic hydroxyl groups is 1. The van der Waals surface area contributed by atoms with Crippen molar-refractivity contribution in [3.8, 4) is 0 Å². The Morgan fingerprint density at radius 1 is 1.45 bits per heavy atom. The van der Waals surface area contributed by atoms with Gasteiger partial charge in [-0.1, -0.05) is 0 Å². The molecule has 0 aromatic rings. The highest BCUT2D eigenvalue weighted by molar-refractivity contribution is 4.84. The number of piperidine rings is 1. The summed E-state index contributed by atoms with van der Waals surface area (Å²) in [6, 6.07) is 0.570. The van der Waals surface area contributed by atoms with Crippen LogP contribution in [0.1, 0.15) is 33.6 Å². The molecule has 1 unspecified atom stereocenters. The van der Waals surface area contributed by atoms with Crippen LogP contribution in [0.4, 0.5) is 0 Å². The topological polar surface area (TPSA) is 32.3 Å². The van der Waals surface area contributed by atoms with Gasteiger partial charge >= 0.3 is 0 Å². The zero-order chi connectivity index (χ0) is 8.48. The first-order chi connectivity index (χ1) is 5.00. The van der Waals surface area contributed by atoms with Crippen molar-refractivity contribution in [3.05, 3.63) is 0 Å². The van der Waals surface area contributed by atoms with Crippen molar-refractivity contribution in [1.29, 1.82) is 0 Å². The Hall–Kier alpha value is -0.0800. The predicted molar refractivity (Wildman–Crippen MR) is 46.5 cm³/mol. The highest BCUT2D eigenvalue weighted by Gasteiger charge is 2.30. The van der Waals surface area contributed by atoms with Crippen LogP contribution in [0.15, 0.2) is 0 Å². The second-order valence-corrected chi connectivity index (χ2v) is 4.23. The zero-order valence-corrected chi connectivity index (χ0v) is 7.72. The predicted octanol–water partition coefficient (Wildman–Crippen LogP) is 1.15. The van der Waals surface area contributed by atoms with Gasteiger partial charge in [0.25, 0.3) is 0 Å². The van der Waals surface area contributed by atoms with Crippen LogP contribution in [0.2, 0.25) is 0 Å². The van der Waals surface area contributed by atoms with E-state index in [1.165, 1.54) is 0 Å². The summed E-state index contributed by atoms with van der Waals surface area (Å²) < 4.78 is 0. The summed E-state index contributed by atoms with van der Waals surface area (Å²) in [5.74, 6) is 0.471. The lowest BCUT2D eigenvalue weighted by Gasteiger charge is -2.35. The molecular weight excluding hydrogens is 138 g/mol. The molecule has 1 fully saturated rings. The van der Waals surface area contributed by atoms with Gasteiger partial charge in [-0.2, -0.15) is 0 Å². The number of nitrogens with one attached hydrogen (secondary N) is 1. The fourth-order valence-corrected chi connectivity index (χ4v) is 1.77. The Labute approximate surface area is 69.0 Å². The van der Waals surface area contributed by atoms with E-state index < -0.39 is 5.60 Å². The first-order valence-corrected chi connectivity index (χ1v) is 4.46. The Balaban J connectivity index is 2.46. The molecule has 0 saturated carbocycles. The van der Waals surface area contributed by atoms with Gasteiger partial charge in [0, 0.05) is 6.04 Å². The lowest BCUT2D eigenvalue weighted by Crippen LogP contribution is -2.43. The number of hydrogen-bond donors (Lipinski definition) is 2. The fraction of sp³-hybridized carbons (Fsp3) is 1.00. The minimum absolute atomic E-state index is 0.471. The SMILES string of the molecule is C[C@@H]1CC(C(C)(C)O)CCN1. The van der Waals surface area contributed by atoms with E-state index >= 15 is 0 Å². The average Bonchev–Trinajstić information content (AvgIpc) is 1.86. The van der Waals surface area contributed by atoms with Crippen molar-refractivity contribution in [2.75, 3.05) is 6.54 Å². The van der Waals surface area contributed by atoms with E-state index in [1.54, 1.807) is 0 Å². The second kappa shape index (κ2) is 3.11. The normalized spacial score (nSPS) is 33.8. The number of rotatable bonds is 1. The van der Waals surface area contributed by atoms with Gasteiger partial charge in [0.05, 0.1) is 5.60 Å². The molecule has 66 valence electrons. The van der Waals surface area contributed by atoms with E-state index in [9.17, 15) is 5.11 Å². The first-order valence-electron chi connectivity index (χ1n) is 4.46. The Bertz CT molecular complexity index is 128. The summed E-state index contributed by atoms with van der Waals surface area (Å²) in [6.45, 7) is 7.05. The molecule has 2 N–H and O–H groups in total. The monoisotopic (exact) mass is 157 g/mol. The smallest absolute Gasteiger partial charge is 0.0620 e. The molecule has 1 saturated heterocycles. The van der Waals surface area contributed by atoms with Crippen molar-refractivity contribution < 1.29 is 5.11 Å². The van der Waals surface area contributed by atoms with Gasteiger partial charge in [-0.3, -0.25) is 0 Å². The Kier molecular flexibility index (Phi) is 2.55. The Morgan fingerprint density at radius 2 is 2.09 bits per heavy atom. The van der Waals surface area contributed by atoms with Gasteiger partial charge in [-0.15, -0.1) is 0 Å². The van der Waals surface area contributed by atoms with Crippen LogP contribution < -0.4 is 5.32 Å².